The molecule has 2 fully saturated rings. The van der Waals surface area contributed by atoms with E-state index >= 15 is 0 Å². The van der Waals surface area contributed by atoms with E-state index in [-0.39, 0.29) is 5.91 Å². The van der Waals surface area contributed by atoms with E-state index in [4.69, 9.17) is 16.3 Å². The number of amides is 1. The predicted octanol–water partition coefficient (Wildman–Crippen LogP) is 2.76. The van der Waals surface area contributed by atoms with Crippen molar-refractivity contribution in [2.24, 2.45) is 0 Å². The Balaban J connectivity index is 1.59. The summed E-state index contributed by atoms with van der Waals surface area (Å²) in [6.45, 7) is 5.96. The van der Waals surface area contributed by atoms with Crippen molar-refractivity contribution in [1.29, 1.82) is 0 Å². The fourth-order valence-corrected chi connectivity index (χ4v) is 5.58. The van der Waals surface area contributed by atoms with Crippen molar-refractivity contribution in [3.63, 3.8) is 0 Å². The molecule has 0 aromatic heterocycles. The first-order valence-electron chi connectivity index (χ1n) is 10.2. The van der Waals surface area contributed by atoms with Crippen molar-refractivity contribution in [2.45, 2.75) is 45.1 Å². The fourth-order valence-electron chi connectivity index (χ4n) is 3.78. The van der Waals surface area contributed by atoms with E-state index in [0.717, 1.165) is 25.7 Å². The summed E-state index contributed by atoms with van der Waals surface area (Å²) in [5.74, 6) is 0.411. The van der Waals surface area contributed by atoms with E-state index in [9.17, 15) is 13.2 Å². The third-order valence-corrected chi connectivity index (χ3v) is 7.73. The van der Waals surface area contributed by atoms with Crippen LogP contribution in [-0.4, -0.2) is 72.7 Å². The second-order valence-corrected chi connectivity index (χ2v) is 10.4. The molecule has 2 saturated heterocycles. The average Bonchev–Trinajstić information content (AvgIpc) is 2.99. The maximum Gasteiger partial charge on any atom is 0.282 e. The zero-order valence-corrected chi connectivity index (χ0v) is 18.7. The Hall–Kier alpha value is -1.35. The second kappa shape index (κ2) is 9.20. The van der Waals surface area contributed by atoms with Gasteiger partial charge in [0.1, 0.15) is 5.75 Å². The number of nitrogens with zero attached hydrogens (tertiary/aromatic N) is 3. The molecule has 0 bridgehead atoms. The van der Waals surface area contributed by atoms with E-state index in [0.29, 0.717) is 50.0 Å². The summed E-state index contributed by atoms with van der Waals surface area (Å²) < 4.78 is 34.9. The molecule has 1 amide bonds. The maximum absolute atomic E-state index is 13.0. The third kappa shape index (κ3) is 5.42. The van der Waals surface area contributed by atoms with Crippen molar-refractivity contribution in [1.82, 2.24) is 13.5 Å². The number of rotatable bonds is 5. The third-order valence-electron chi connectivity index (χ3n) is 5.45. The quantitative estimate of drug-likeness (QED) is 0.701. The van der Waals surface area contributed by atoms with Gasteiger partial charge >= 0.3 is 0 Å². The molecule has 1 aromatic rings. The number of carbonyl (C=O) groups is 1. The first-order valence-corrected chi connectivity index (χ1v) is 12.0. The van der Waals surface area contributed by atoms with Crippen molar-refractivity contribution in [3.8, 4) is 5.75 Å². The molecule has 0 saturated carbocycles. The molecule has 0 spiro atoms. The Morgan fingerprint density at radius 1 is 0.897 bits per heavy atom. The molecular weight excluding hydrogens is 414 g/mol. The molecule has 2 heterocycles. The highest BCUT2D eigenvalue weighted by Crippen LogP contribution is 2.24. The van der Waals surface area contributed by atoms with Gasteiger partial charge < -0.3 is 9.64 Å². The van der Waals surface area contributed by atoms with Crippen LogP contribution in [0.1, 0.15) is 39.5 Å². The van der Waals surface area contributed by atoms with Gasteiger partial charge in [-0.25, -0.2) is 0 Å². The number of hydrogen-bond acceptors (Lipinski definition) is 4. The molecule has 1 aromatic carbocycles. The first kappa shape index (κ1) is 22.3. The van der Waals surface area contributed by atoms with Crippen molar-refractivity contribution in [3.05, 3.63) is 29.3 Å². The largest absolute Gasteiger partial charge is 0.478 e. The average molecular weight is 444 g/mol. The number of ether oxygens (including phenoxy) is 1. The van der Waals surface area contributed by atoms with E-state index < -0.39 is 15.8 Å². The number of halogens is 1. The fraction of sp³-hybridized carbons (Fsp3) is 0.650. The monoisotopic (exact) mass is 443 g/mol. The Kier molecular flexibility index (Phi) is 7.09. The van der Waals surface area contributed by atoms with E-state index in [1.807, 2.05) is 0 Å². The molecule has 3 rings (SSSR count). The Morgan fingerprint density at radius 2 is 1.41 bits per heavy atom. The van der Waals surface area contributed by atoms with Crippen LogP contribution in [0, 0.1) is 0 Å². The van der Waals surface area contributed by atoms with Gasteiger partial charge in [-0.1, -0.05) is 24.4 Å². The topological polar surface area (TPSA) is 70.2 Å². The molecule has 0 atom stereocenters. The van der Waals surface area contributed by atoms with Crippen LogP contribution < -0.4 is 4.74 Å². The van der Waals surface area contributed by atoms with Crippen molar-refractivity contribution in [2.75, 3.05) is 39.3 Å². The van der Waals surface area contributed by atoms with Crippen LogP contribution in [0.25, 0.3) is 0 Å². The van der Waals surface area contributed by atoms with E-state index in [2.05, 4.69) is 0 Å². The first-order chi connectivity index (χ1) is 13.7. The molecule has 162 valence electrons. The second-order valence-electron chi connectivity index (χ2n) is 8.08. The van der Waals surface area contributed by atoms with Gasteiger partial charge in [-0.2, -0.15) is 17.0 Å². The molecule has 29 heavy (non-hydrogen) atoms. The zero-order valence-electron chi connectivity index (χ0n) is 17.1. The molecule has 2 aliphatic rings. The van der Waals surface area contributed by atoms with Gasteiger partial charge in [0.25, 0.3) is 16.1 Å². The lowest BCUT2D eigenvalue weighted by Gasteiger charge is -2.39. The summed E-state index contributed by atoms with van der Waals surface area (Å²) >= 11 is 5.89. The Labute approximate surface area is 178 Å². The highest BCUT2D eigenvalue weighted by atomic mass is 35.5. The van der Waals surface area contributed by atoms with Crippen LogP contribution in [0.3, 0.4) is 0 Å². The van der Waals surface area contributed by atoms with Gasteiger partial charge in [0.15, 0.2) is 5.60 Å². The smallest absolute Gasteiger partial charge is 0.282 e. The minimum atomic E-state index is -3.46. The molecule has 0 N–H and O–H groups in total. The van der Waals surface area contributed by atoms with Gasteiger partial charge in [0.2, 0.25) is 0 Å². The maximum atomic E-state index is 13.0. The van der Waals surface area contributed by atoms with Crippen molar-refractivity contribution >= 4 is 27.7 Å². The highest BCUT2D eigenvalue weighted by Gasteiger charge is 2.38. The van der Waals surface area contributed by atoms with Crippen molar-refractivity contribution < 1.29 is 17.9 Å². The van der Waals surface area contributed by atoms with Crippen LogP contribution in [0.5, 0.6) is 5.75 Å². The van der Waals surface area contributed by atoms with E-state index in [1.54, 1.807) is 47.3 Å². The van der Waals surface area contributed by atoms with Crippen LogP contribution >= 0.6 is 11.6 Å². The molecule has 0 radical (unpaired) electrons. The zero-order chi connectivity index (χ0) is 21.1. The number of hydrogen-bond donors (Lipinski definition) is 0. The normalized spacial score (nSPS) is 20.3. The molecule has 0 unspecified atom stereocenters. The van der Waals surface area contributed by atoms with Gasteiger partial charge in [-0.15, -0.1) is 0 Å². The van der Waals surface area contributed by atoms with Crippen LogP contribution in [0.4, 0.5) is 0 Å². The summed E-state index contributed by atoms with van der Waals surface area (Å²) in [6.07, 6.45) is 3.98. The lowest BCUT2D eigenvalue weighted by molar-refractivity contribution is -0.146. The molecular formula is C20H30ClN3O4S. The van der Waals surface area contributed by atoms with Crippen LogP contribution in [0.15, 0.2) is 24.3 Å². The van der Waals surface area contributed by atoms with Gasteiger partial charge in [0.05, 0.1) is 0 Å². The number of piperazine rings is 1. The number of benzene rings is 1. The van der Waals surface area contributed by atoms with E-state index in [1.165, 1.54) is 4.31 Å². The minimum Gasteiger partial charge on any atom is -0.478 e. The molecule has 9 heteroatoms. The van der Waals surface area contributed by atoms with Gasteiger partial charge in [-0.05, 0) is 51.0 Å². The summed E-state index contributed by atoms with van der Waals surface area (Å²) in [4.78, 5) is 14.7. The van der Waals surface area contributed by atoms with Crippen LogP contribution in [0.2, 0.25) is 5.02 Å². The molecule has 2 aliphatic heterocycles. The van der Waals surface area contributed by atoms with Gasteiger partial charge in [-0.3, -0.25) is 4.79 Å². The summed E-state index contributed by atoms with van der Waals surface area (Å²) in [7, 11) is -3.46. The molecule has 0 aliphatic carbocycles. The summed E-state index contributed by atoms with van der Waals surface area (Å²) in [5, 5.41) is 0.600. The summed E-state index contributed by atoms with van der Waals surface area (Å²) in [5.41, 5.74) is -1.06. The van der Waals surface area contributed by atoms with Crippen LogP contribution in [-0.2, 0) is 15.0 Å². The minimum absolute atomic E-state index is 0.153. The standard InChI is InChI=1S/C20H30ClN3O4S/c1-20(2,28-18-9-7-17(21)8-10-18)19(25)22-13-15-24(16-14-22)29(26,27)23-11-5-3-4-6-12-23/h7-10H,3-6,11-16H2,1-2H3. The molecule has 7 nitrogen and oxygen atoms in total. The van der Waals surface area contributed by atoms with Gasteiger partial charge in [0, 0.05) is 44.3 Å². The Morgan fingerprint density at radius 3 is 1.97 bits per heavy atom. The summed E-state index contributed by atoms with van der Waals surface area (Å²) in [6, 6.07) is 6.87. The number of carbonyl (C=O) groups excluding carboxylic acids is 1. The Bertz CT molecular complexity index is 798. The lowest BCUT2D eigenvalue weighted by atomic mass is 10.1. The highest BCUT2D eigenvalue weighted by molar-refractivity contribution is 7.86. The SMILES string of the molecule is CC(C)(Oc1ccc(Cl)cc1)C(=O)N1CCN(S(=O)(=O)N2CCCCCC2)CC1. The lowest BCUT2D eigenvalue weighted by Crippen LogP contribution is -2.58. The predicted molar refractivity (Wildman–Crippen MR) is 113 cm³/mol.